The first-order valence-electron chi connectivity index (χ1n) is 7.59. The average molecular weight is 387 g/mol. The molecule has 0 amide bonds. The van der Waals surface area contributed by atoms with Gasteiger partial charge in [-0.1, -0.05) is 34.1 Å². The molecule has 6 heteroatoms. The third kappa shape index (κ3) is 3.42. The summed E-state index contributed by atoms with van der Waals surface area (Å²) in [5, 5.41) is 0.0798. The van der Waals surface area contributed by atoms with Crippen molar-refractivity contribution in [2.75, 3.05) is 18.5 Å². The summed E-state index contributed by atoms with van der Waals surface area (Å²) in [6.07, 6.45) is -0.756. The molecule has 0 aromatic heterocycles. The summed E-state index contributed by atoms with van der Waals surface area (Å²) in [6, 6.07) is 5.31. The first-order chi connectivity index (χ1) is 10.9. The number of carbonyl (C=O) groups excluding carboxylic acids is 2. The molecule has 1 aliphatic rings. The van der Waals surface area contributed by atoms with Crippen LogP contribution in [0.15, 0.2) is 18.2 Å². The van der Waals surface area contributed by atoms with Crippen molar-refractivity contribution in [3.05, 3.63) is 29.3 Å². The number of hydrogen-bond acceptors (Lipinski definition) is 4. The van der Waals surface area contributed by atoms with Gasteiger partial charge >= 0.3 is 5.97 Å². The van der Waals surface area contributed by atoms with E-state index >= 15 is 0 Å². The van der Waals surface area contributed by atoms with Crippen molar-refractivity contribution in [1.82, 2.24) is 0 Å². The summed E-state index contributed by atoms with van der Waals surface area (Å²) in [4.78, 5) is 23.8. The van der Waals surface area contributed by atoms with Crippen LogP contribution in [0.3, 0.4) is 0 Å². The number of carbonyl (C=O) groups is 2. The highest BCUT2D eigenvalue weighted by atomic mass is 79.9. The van der Waals surface area contributed by atoms with Crippen molar-refractivity contribution < 1.29 is 23.5 Å². The molecule has 126 valence electrons. The molecule has 0 saturated heterocycles. The number of ketones is 1. The smallest absolute Gasteiger partial charge is 0.306 e. The minimum absolute atomic E-state index is 0.0798. The van der Waals surface area contributed by atoms with Crippen molar-refractivity contribution in [1.29, 1.82) is 0 Å². The fraction of sp³-hybridized carbons (Fsp3) is 0.529. The van der Waals surface area contributed by atoms with Crippen LogP contribution in [0.4, 0.5) is 4.39 Å². The van der Waals surface area contributed by atoms with Gasteiger partial charge in [-0.2, -0.15) is 0 Å². The normalized spacial score (nSPS) is 22.9. The summed E-state index contributed by atoms with van der Waals surface area (Å²) in [7, 11) is 0. The first kappa shape index (κ1) is 17.9. The van der Waals surface area contributed by atoms with Crippen LogP contribution in [0.1, 0.15) is 31.4 Å². The Balaban J connectivity index is 2.34. The number of benzene rings is 1. The van der Waals surface area contributed by atoms with Gasteiger partial charge in [0.25, 0.3) is 0 Å². The number of halogens is 2. The summed E-state index contributed by atoms with van der Waals surface area (Å²) in [6.45, 7) is 3.53. The third-order valence-corrected chi connectivity index (χ3v) is 4.77. The van der Waals surface area contributed by atoms with E-state index in [9.17, 15) is 14.0 Å². The van der Waals surface area contributed by atoms with Gasteiger partial charge in [-0.3, -0.25) is 9.59 Å². The maximum atomic E-state index is 14.5. The van der Waals surface area contributed by atoms with Crippen LogP contribution >= 0.6 is 15.9 Å². The van der Waals surface area contributed by atoms with Gasteiger partial charge in [0.05, 0.1) is 17.4 Å². The van der Waals surface area contributed by atoms with E-state index in [4.69, 9.17) is 9.47 Å². The Kier molecular flexibility index (Phi) is 5.79. The van der Waals surface area contributed by atoms with E-state index < -0.39 is 11.6 Å². The topological polar surface area (TPSA) is 52.6 Å². The van der Waals surface area contributed by atoms with Crippen molar-refractivity contribution in [2.45, 2.75) is 38.3 Å². The minimum atomic E-state index is -1.40. The quantitative estimate of drug-likeness (QED) is 0.556. The van der Waals surface area contributed by atoms with E-state index in [-0.39, 0.29) is 30.1 Å². The Morgan fingerprint density at radius 1 is 1.48 bits per heavy atom. The van der Waals surface area contributed by atoms with Gasteiger partial charge in [-0.15, -0.1) is 0 Å². The van der Waals surface area contributed by atoms with Gasteiger partial charge in [0.1, 0.15) is 12.4 Å². The number of Topliss-reactive ketones (excluding diaryl/α,β-unsaturated/α-hetero) is 1. The number of para-hydroxylation sites is 1. The zero-order valence-corrected chi connectivity index (χ0v) is 14.8. The average Bonchev–Trinajstić information content (AvgIpc) is 2.55. The summed E-state index contributed by atoms with van der Waals surface area (Å²) in [5.41, 5.74) is 0.0925. The monoisotopic (exact) mass is 386 g/mol. The molecule has 4 nitrogen and oxygen atoms in total. The highest BCUT2D eigenvalue weighted by molar-refractivity contribution is 9.09. The highest BCUT2D eigenvalue weighted by Crippen LogP contribution is 2.43. The van der Waals surface area contributed by atoms with Crippen LogP contribution < -0.4 is 4.74 Å². The number of ether oxygens (including phenoxy) is 2. The SMILES string of the molecule is CCOC(=O)CCc1cccc2c1OCC(F)C2(C)C(=O)CBr. The van der Waals surface area contributed by atoms with Crippen molar-refractivity contribution in [2.24, 2.45) is 0 Å². The van der Waals surface area contributed by atoms with Crippen LogP contribution in [-0.2, 0) is 26.2 Å². The van der Waals surface area contributed by atoms with Gasteiger partial charge in [0, 0.05) is 12.0 Å². The van der Waals surface area contributed by atoms with Crippen LogP contribution in [0.2, 0.25) is 0 Å². The van der Waals surface area contributed by atoms with Crippen molar-refractivity contribution >= 4 is 27.7 Å². The number of fused-ring (bicyclic) bond motifs is 1. The standard InChI is InChI=1S/C17H20BrFO4/c1-3-22-15(21)8-7-11-5-4-6-12-16(11)23-10-13(19)17(12,2)14(20)9-18/h4-6,13H,3,7-10H2,1-2H3. The maximum absolute atomic E-state index is 14.5. The van der Waals surface area contributed by atoms with Crippen molar-refractivity contribution in [3.63, 3.8) is 0 Å². The lowest BCUT2D eigenvalue weighted by molar-refractivity contribution is -0.143. The van der Waals surface area contributed by atoms with Gasteiger partial charge in [-0.25, -0.2) is 4.39 Å². The Labute approximate surface area is 143 Å². The molecule has 0 N–H and O–H groups in total. The Bertz CT molecular complexity index is 604. The van der Waals surface area contributed by atoms with E-state index in [1.165, 1.54) is 0 Å². The van der Waals surface area contributed by atoms with E-state index in [1.807, 2.05) is 6.07 Å². The molecule has 1 aliphatic heterocycles. The van der Waals surface area contributed by atoms with E-state index in [2.05, 4.69) is 15.9 Å². The third-order valence-electron chi connectivity index (χ3n) is 4.26. The molecule has 2 rings (SSSR count). The molecule has 0 fully saturated rings. The molecule has 1 heterocycles. The van der Waals surface area contributed by atoms with E-state index in [1.54, 1.807) is 26.0 Å². The zero-order chi connectivity index (χ0) is 17.0. The number of hydrogen-bond donors (Lipinski definition) is 0. The van der Waals surface area contributed by atoms with Gasteiger partial charge in [-0.05, 0) is 25.8 Å². The summed E-state index contributed by atoms with van der Waals surface area (Å²) in [5.74, 6) is 0.00293. The number of alkyl halides is 2. The molecule has 2 atom stereocenters. The van der Waals surface area contributed by atoms with Crippen LogP contribution in [0.25, 0.3) is 0 Å². The molecule has 0 spiro atoms. The molecular formula is C17H20BrFO4. The molecular weight excluding hydrogens is 367 g/mol. The fourth-order valence-corrected chi connectivity index (χ4v) is 3.37. The Hall–Kier alpha value is -1.43. The lowest BCUT2D eigenvalue weighted by atomic mass is 9.73. The Morgan fingerprint density at radius 3 is 2.87 bits per heavy atom. The second-order valence-electron chi connectivity index (χ2n) is 5.64. The van der Waals surface area contributed by atoms with Crippen LogP contribution in [0, 0.1) is 0 Å². The molecule has 0 radical (unpaired) electrons. The van der Waals surface area contributed by atoms with Gasteiger partial charge in [0.2, 0.25) is 0 Å². The predicted octanol–water partition coefficient (Wildman–Crippen LogP) is 3.13. The van der Waals surface area contributed by atoms with E-state index in [0.29, 0.717) is 24.3 Å². The lowest BCUT2D eigenvalue weighted by Crippen LogP contribution is -2.48. The highest BCUT2D eigenvalue weighted by Gasteiger charge is 2.48. The van der Waals surface area contributed by atoms with E-state index in [0.717, 1.165) is 5.56 Å². The summed E-state index contributed by atoms with van der Waals surface area (Å²) < 4.78 is 24.9. The summed E-state index contributed by atoms with van der Waals surface area (Å²) >= 11 is 3.13. The lowest BCUT2D eigenvalue weighted by Gasteiger charge is -2.37. The van der Waals surface area contributed by atoms with Crippen LogP contribution in [0.5, 0.6) is 5.75 Å². The fourth-order valence-electron chi connectivity index (χ4n) is 2.79. The molecule has 1 aromatic carbocycles. The molecule has 1 aromatic rings. The van der Waals surface area contributed by atoms with Crippen LogP contribution in [-0.4, -0.2) is 36.5 Å². The maximum Gasteiger partial charge on any atom is 0.306 e. The van der Waals surface area contributed by atoms with Crippen molar-refractivity contribution in [3.8, 4) is 5.75 Å². The zero-order valence-electron chi connectivity index (χ0n) is 13.2. The second kappa shape index (κ2) is 7.43. The largest absolute Gasteiger partial charge is 0.490 e. The predicted molar refractivity (Wildman–Crippen MR) is 87.9 cm³/mol. The number of rotatable bonds is 6. The number of esters is 1. The molecule has 2 unspecified atom stereocenters. The first-order valence-corrected chi connectivity index (χ1v) is 8.71. The van der Waals surface area contributed by atoms with Gasteiger partial charge in [0.15, 0.2) is 12.0 Å². The molecule has 0 aliphatic carbocycles. The minimum Gasteiger partial charge on any atom is -0.490 e. The molecule has 23 heavy (non-hydrogen) atoms. The van der Waals surface area contributed by atoms with Gasteiger partial charge < -0.3 is 9.47 Å². The molecule has 0 bridgehead atoms. The second-order valence-corrected chi connectivity index (χ2v) is 6.20. The number of aryl methyl sites for hydroxylation is 1. The molecule has 0 saturated carbocycles. The Morgan fingerprint density at radius 2 is 2.22 bits per heavy atom.